The Kier molecular flexibility index (Phi) is 11.4. The van der Waals surface area contributed by atoms with Crippen molar-refractivity contribution in [3.63, 3.8) is 0 Å². The van der Waals surface area contributed by atoms with Gasteiger partial charge in [0.25, 0.3) is 0 Å². The molecule has 0 heterocycles. The fraction of sp³-hybridized carbons (Fsp3) is 0.393. The Morgan fingerprint density at radius 3 is 2.50 bits per heavy atom. The monoisotopic (exact) mass is 468 g/mol. The number of phenolic OH excluding ortho intramolecular Hbond substituents is 1. The summed E-state index contributed by atoms with van der Waals surface area (Å²) in [5.41, 5.74) is 1.79. The molecule has 184 valence electrons. The molecule has 2 aromatic carbocycles. The first-order valence-corrected chi connectivity index (χ1v) is 11.5. The minimum atomic E-state index is -0.710. The summed E-state index contributed by atoms with van der Waals surface area (Å²) < 4.78 is 16.6. The van der Waals surface area contributed by atoms with Gasteiger partial charge in [-0.1, -0.05) is 43.3 Å². The molecule has 0 fully saturated rings. The van der Waals surface area contributed by atoms with Crippen LogP contribution in [0, 0.1) is 5.92 Å². The summed E-state index contributed by atoms with van der Waals surface area (Å²) in [4.78, 5) is 13.0. The highest BCUT2D eigenvalue weighted by atomic mass is 16.5. The van der Waals surface area contributed by atoms with Crippen molar-refractivity contribution in [2.24, 2.45) is 5.92 Å². The zero-order chi connectivity index (χ0) is 24.9. The smallest absolute Gasteiger partial charge is 0.342 e. The summed E-state index contributed by atoms with van der Waals surface area (Å²) in [6.07, 6.45) is 3.90. The highest BCUT2D eigenvalue weighted by molar-refractivity contribution is 5.94. The van der Waals surface area contributed by atoms with Crippen LogP contribution in [0.1, 0.15) is 47.7 Å². The lowest BCUT2D eigenvalue weighted by atomic mass is 9.94. The topological polar surface area (TPSA) is 85.2 Å². The number of phenols is 1. The lowest BCUT2D eigenvalue weighted by Crippen LogP contribution is -2.30. The van der Waals surface area contributed by atoms with Crippen molar-refractivity contribution in [2.75, 3.05) is 13.7 Å². The number of aliphatic hydroxyl groups is 1. The second-order valence-electron chi connectivity index (χ2n) is 8.33. The quantitative estimate of drug-likeness (QED) is 0.212. The van der Waals surface area contributed by atoms with Gasteiger partial charge in [-0.3, -0.25) is 0 Å². The number of methoxy groups -OCH3 is 1. The third-order valence-corrected chi connectivity index (χ3v) is 5.66. The summed E-state index contributed by atoms with van der Waals surface area (Å²) in [5.74, 6) is -0.00959. The predicted molar refractivity (Wildman–Crippen MR) is 133 cm³/mol. The lowest BCUT2D eigenvalue weighted by Gasteiger charge is -2.26. The van der Waals surface area contributed by atoms with Gasteiger partial charge in [-0.05, 0) is 54.5 Å². The maximum Gasteiger partial charge on any atom is 0.342 e. The number of aromatic hydroxyl groups is 1. The standard InChI is InChI=1S/C28H36O6/c1-5-8-20(3)26(34-28(31)27-22(9-6-2)10-7-11-25(27)30)18-23(29)16-17-33-19-21-12-14-24(32-4)15-13-21/h5-7,10-15,20,23,26,29-30H,1-2,8-9,16-19H2,3-4H3/t20-,23-,26+/m0/s1. The number of carbonyl (C=O) groups excluding carboxylic acids is 1. The first kappa shape index (κ1) is 27.2. The van der Waals surface area contributed by atoms with Gasteiger partial charge in [0, 0.05) is 13.0 Å². The van der Waals surface area contributed by atoms with Gasteiger partial charge in [0.15, 0.2) is 0 Å². The largest absolute Gasteiger partial charge is 0.507 e. The summed E-state index contributed by atoms with van der Waals surface area (Å²) in [6, 6.07) is 12.5. The molecule has 0 amide bonds. The second-order valence-corrected chi connectivity index (χ2v) is 8.33. The molecule has 34 heavy (non-hydrogen) atoms. The third-order valence-electron chi connectivity index (χ3n) is 5.66. The van der Waals surface area contributed by atoms with Crippen molar-refractivity contribution in [1.29, 1.82) is 0 Å². The van der Waals surface area contributed by atoms with Crippen molar-refractivity contribution in [3.8, 4) is 11.5 Å². The van der Waals surface area contributed by atoms with E-state index in [2.05, 4.69) is 13.2 Å². The molecule has 0 aliphatic rings. The van der Waals surface area contributed by atoms with Crippen LogP contribution < -0.4 is 4.74 Å². The number of esters is 1. The van der Waals surface area contributed by atoms with E-state index in [1.165, 1.54) is 6.07 Å². The van der Waals surface area contributed by atoms with Gasteiger partial charge in [-0.2, -0.15) is 0 Å². The van der Waals surface area contributed by atoms with Crippen LogP contribution in [0.25, 0.3) is 0 Å². The molecule has 6 nitrogen and oxygen atoms in total. The fourth-order valence-corrected chi connectivity index (χ4v) is 3.67. The SMILES string of the molecule is C=CCc1cccc(O)c1C(=O)O[C@H](C[C@@H](O)CCOCc1ccc(OC)cc1)[C@@H](C)CC=C. The van der Waals surface area contributed by atoms with Crippen LogP contribution >= 0.6 is 0 Å². The van der Waals surface area contributed by atoms with E-state index in [1.54, 1.807) is 31.4 Å². The van der Waals surface area contributed by atoms with E-state index < -0.39 is 18.2 Å². The summed E-state index contributed by atoms with van der Waals surface area (Å²) in [5, 5.41) is 20.9. The molecule has 0 saturated carbocycles. The average Bonchev–Trinajstić information content (AvgIpc) is 2.82. The number of rotatable bonds is 15. The van der Waals surface area contributed by atoms with Gasteiger partial charge in [0.1, 0.15) is 23.2 Å². The van der Waals surface area contributed by atoms with Crippen LogP contribution in [-0.4, -0.2) is 42.1 Å². The van der Waals surface area contributed by atoms with Gasteiger partial charge >= 0.3 is 5.97 Å². The van der Waals surface area contributed by atoms with Crippen LogP contribution in [0.3, 0.4) is 0 Å². The Labute approximate surface area is 202 Å². The Bertz CT molecular complexity index is 921. The number of allylic oxidation sites excluding steroid dienone is 2. The lowest BCUT2D eigenvalue weighted by molar-refractivity contribution is -0.00898. The van der Waals surface area contributed by atoms with Crippen molar-refractivity contribution >= 4 is 5.97 Å². The number of hydrogen-bond donors (Lipinski definition) is 2. The molecule has 6 heteroatoms. The molecule has 0 radical (unpaired) electrons. The molecule has 0 spiro atoms. The molecule has 0 bridgehead atoms. The van der Waals surface area contributed by atoms with Gasteiger partial charge in [-0.15, -0.1) is 13.2 Å². The number of carbonyl (C=O) groups is 1. The van der Waals surface area contributed by atoms with E-state index in [0.717, 1.165) is 11.3 Å². The minimum absolute atomic E-state index is 0.0509. The Morgan fingerprint density at radius 1 is 1.12 bits per heavy atom. The number of aliphatic hydroxyl groups excluding tert-OH is 1. The summed E-state index contributed by atoms with van der Waals surface area (Å²) >= 11 is 0. The highest BCUT2D eigenvalue weighted by Gasteiger charge is 2.27. The maximum atomic E-state index is 13.0. The number of ether oxygens (including phenoxy) is 3. The molecule has 0 aromatic heterocycles. The highest BCUT2D eigenvalue weighted by Crippen LogP contribution is 2.26. The van der Waals surface area contributed by atoms with Crippen LogP contribution in [0.2, 0.25) is 0 Å². The van der Waals surface area contributed by atoms with Crippen molar-refractivity contribution < 1.29 is 29.2 Å². The molecule has 2 rings (SSSR count). The molecule has 2 aromatic rings. The Hall–Kier alpha value is -3.09. The van der Waals surface area contributed by atoms with Crippen LogP contribution in [0.15, 0.2) is 67.8 Å². The normalized spacial score (nSPS) is 13.5. The molecule has 0 saturated heterocycles. The molecular formula is C28H36O6. The zero-order valence-electron chi connectivity index (χ0n) is 20.1. The first-order chi connectivity index (χ1) is 16.4. The van der Waals surface area contributed by atoms with E-state index in [9.17, 15) is 15.0 Å². The van der Waals surface area contributed by atoms with Crippen molar-refractivity contribution in [1.82, 2.24) is 0 Å². The van der Waals surface area contributed by atoms with Crippen LogP contribution in [0.4, 0.5) is 0 Å². The number of benzene rings is 2. The molecule has 0 aliphatic heterocycles. The van der Waals surface area contributed by atoms with E-state index >= 15 is 0 Å². The molecular weight excluding hydrogens is 432 g/mol. The van der Waals surface area contributed by atoms with Gasteiger partial charge in [0.05, 0.1) is 19.8 Å². The van der Waals surface area contributed by atoms with Crippen LogP contribution in [0.5, 0.6) is 11.5 Å². The molecule has 0 unspecified atom stereocenters. The van der Waals surface area contributed by atoms with Crippen molar-refractivity contribution in [3.05, 3.63) is 84.5 Å². The maximum absolute atomic E-state index is 13.0. The fourth-order valence-electron chi connectivity index (χ4n) is 3.67. The molecule has 2 N–H and O–H groups in total. The predicted octanol–water partition coefficient (Wildman–Crippen LogP) is 5.22. The van der Waals surface area contributed by atoms with Gasteiger partial charge in [0.2, 0.25) is 0 Å². The summed E-state index contributed by atoms with van der Waals surface area (Å²) in [6.45, 7) is 10.2. The van der Waals surface area contributed by atoms with Gasteiger partial charge in [-0.25, -0.2) is 4.79 Å². The molecule has 0 aliphatic carbocycles. The van der Waals surface area contributed by atoms with Crippen LogP contribution in [-0.2, 0) is 22.5 Å². The molecule has 3 atom stereocenters. The minimum Gasteiger partial charge on any atom is -0.507 e. The number of hydrogen-bond acceptors (Lipinski definition) is 6. The van der Waals surface area contributed by atoms with Gasteiger partial charge < -0.3 is 24.4 Å². The second kappa shape index (κ2) is 14.2. The first-order valence-electron chi connectivity index (χ1n) is 11.5. The average molecular weight is 469 g/mol. The van der Waals surface area contributed by atoms with E-state index in [4.69, 9.17) is 14.2 Å². The van der Waals surface area contributed by atoms with E-state index in [0.29, 0.717) is 38.0 Å². The van der Waals surface area contributed by atoms with Crippen molar-refractivity contribution in [2.45, 2.75) is 51.4 Å². The van der Waals surface area contributed by atoms with E-state index in [-0.39, 0.29) is 23.7 Å². The Balaban J connectivity index is 1.95. The zero-order valence-corrected chi connectivity index (χ0v) is 20.1. The van der Waals surface area contributed by atoms with E-state index in [1.807, 2.05) is 31.2 Å². The Morgan fingerprint density at radius 2 is 1.85 bits per heavy atom. The summed E-state index contributed by atoms with van der Waals surface area (Å²) in [7, 11) is 1.62. The third kappa shape index (κ3) is 8.36.